The minimum absolute atomic E-state index is 0.0941. The van der Waals surface area contributed by atoms with E-state index in [2.05, 4.69) is 0 Å². The molecular formula is C10H6F2OS. The summed E-state index contributed by atoms with van der Waals surface area (Å²) in [6.07, 6.45) is 0. The van der Waals surface area contributed by atoms with Gasteiger partial charge in [0, 0.05) is 11.4 Å². The zero-order chi connectivity index (χ0) is 9.97. The van der Waals surface area contributed by atoms with E-state index in [-0.39, 0.29) is 5.75 Å². The van der Waals surface area contributed by atoms with Gasteiger partial charge < -0.3 is 4.74 Å². The molecule has 4 heteroatoms. The van der Waals surface area contributed by atoms with E-state index in [1.165, 1.54) is 11.3 Å². The third-order valence-corrected chi connectivity index (χ3v) is 2.28. The molecule has 0 aliphatic carbocycles. The summed E-state index contributed by atoms with van der Waals surface area (Å²) < 4.78 is 30.9. The van der Waals surface area contributed by atoms with E-state index in [1.807, 2.05) is 0 Å². The Balaban J connectivity index is 2.28. The zero-order valence-electron chi connectivity index (χ0n) is 7.04. The molecule has 2 rings (SSSR count). The number of ether oxygens (including phenoxy) is 1. The molecule has 14 heavy (non-hydrogen) atoms. The number of benzene rings is 1. The molecule has 1 aromatic heterocycles. The molecule has 0 aliphatic rings. The van der Waals surface area contributed by atoms with Crippen LogP contribution in [0.25, 0.3) is 0 Å². The van der Waals surface area contributed by atoms with Crippen LogP contribution in [0.5, 0.6) is 11.5 Å². The van der Waals surface area contributed by atoms with Crippen molar-refractivity contribution in [2.45, 2.75) is 0 Å². The van der Waals surface area contributed by atoms with Gasteiger partial charge >= 0.3 is 0 Å². The fraction of sp³-hybridized carbons (Fsp3) is 0. The van der Waals surface area contributed by atoms with Gasteiger partial charge in [0.2, 0.25) is 0 Å². The van der Waals surface area contributed by atoms with Crippen molar-refractivity contribution in [3.05, 3.63) is 46.7 Å². The van der Waals surface area contributed by atoms with Crippen molar-refractivity contribution in [3.8, 4) is 11.5 Å². The van der Waals surface area contributed by atoms with Gasteiger partial charge in [0.15, 0.2) is 11.6 Å². The highest BCUT2D eigenvalue weighted by Gasteiger charge is 2.05. The van der Waals surface area contributed by atoms with Crippen molar-refractivity contribution in [1.29, 1.82) is 0 Å². The van der Waals surface area contributed by atoms with Crippen LogP contribution in [0.4, 0.5) is 8.78 Å². The number of thiophene rings is 1. The fourth-order valence-corrected chi connectivity index (χ4v) is 1.54. The third-order valence-electron chi connectivity index (χ3n) is 1.62. The monoisotopic (exact) mass is 212 g/mol. The van der Waals surface area contributed by atoms with E-state index in [0.717, 1.165) is 18.2 Å². The Kier molecular flexibility index (Phi) is 2.45. The minimum atomic E-state index is -0.572. The summed E-state index contributed by atoms with van der Waals surface area (Å²) in [6.45, 7) is 0. The molecule has 0 fully saturated rings. The molecular weight excluding hydrogens is 206 g/mol. The molecule has 1 nitrogen and oxygen atoms in total. The lowest BCUT2D eigenvalue weighted by Gasteiger charge is -2.03. The maximum Gasteiger partial charge on any atom is 0.166 e. The van der Waals surface area contributed by atoms with E-state index < -0.39 is 11.6 Å². The van der Waals surface area contributed by atoms with Crippen LogP contribution < -0.4 is 4.74 Å². The van der Waals surface area contributed by atoms with Crippen LogP contribution >= 0.6 is 11.3 Å². The highest BCUT2D eigenvalue weighted by molar-refractivity contribution is 7.08. The van der Waals surface area contributed by atoms with Crippen LogP contribution in [0, 0.1) is 11.6 Å². The summed E-state index contributed by atoms with van der Waals surface area (Å²) in [6, 6.07) is 4.80. The van der Waals surface area contributed by atoms with Crippen LogP contribution in [0.15, 0.2) is 35.0 Å². The van der Waals surface area contributed by atoms with Gasteiger partial charge in [-0.2, -0.15) is 0 Å². The van der Waals surface area contributed by atoms with Gasteiger partial charge in [0.25, 0.3) is 0 Å². The molecule has 0 aliphatic heterocycles. The largest absolute Gasteiger partial charge is 0.453 e. The molecule has 72 valence electrons. The summed E-state index contributed by atoms with van der Waals surface area (Å²) in [5, 5.41) is 3.51. The van der Waals surface area contributed by atoms with Gasteiger partial charge in [0.05, 0.1) is 0 Å². The predicted octanol–water partition coefficient (Wildman–Crippen LogP) is 3.82. The molecule has 0 bridgehead atoms. The summed E-state index contributed by atoms with van der Waals surface area (Å²) >= 11 is 1.43. The first-order valence-electron chi connectivity index (χ1n) is 3.91. The first kappa shape index (κ1) is 9.15. The molecule has 0 atom stereocenters. The van der Waals surface area contributed by atoms with E-state index >= 15 is 0 Å². The van der Waals surface area contributed by atoms with Crippen LogP contribution in [-0.4, -0.2) is 0 Å². The molecule has 0 amide bonds. The first-order valence-corrected chi connectivity index (χ1v) is 4.85. The van der Waals surface area contributed by atoms with Gasteiger partial charge in [-0.3, -0.25) is 0 Å². The van der Waals surface area contributed by atoms with Gasteiger partial charge in [-0.1, -0.05) is 0 Å². The summed E-state index contributed by atoms with van der Waals surface area (Å²) in [7, 11) is 0. The Bertz CT molecular complexity index is 426. The Labute approximate surface area is 83.6 Å². The van der Waals surface area contributed by atoms with Crippen LogP contribution in [-0.2, 0) is 0 Å². The molecule has 0 spiro atoms. The van der Waals surface area contributed by atoms with Crippen molar-refractivity contribution >= 4 is 11.3 Å². The lowest BCUT2D eigenvalue weighted by Crippen LogP contribution is -1.87. The highest BCUT2D eigenvalue weighted by atomic mass is 32.1. The lowest BCUT2D eigenvalue weighted by molar-refractivity contribution is 0.438. The fourth-order valence-electron chi connectivity index (χ4n) is 0.992. The zero-order valence-corrected chi connectivity index (χ0v) is 7.85. The second-order valence-electron chi connectivity index (χ2n) is 2.64. The summed E-state index contributed by atoms with van der Waals surface area (Å²) in [5.74, 6) is -0.669. The number of hydrogen-bond acceptors (Lipinski definition) is 2. The van der Waals surface area contributed by atoms with Crippen LogP contribution in [0.2, 0.25) is 0 Å². The Hall–Kier alpha value is -1.42. The third kappa shape index (κ3) is 1.90. The van der Waals surface area contributed by atoms with E-state index in [1.54, 1.807) is 16.8 Å². The van der Waals surface area contributed by atoms with Crippen molar-refractivity contribution in [2.24, 2.45) is 0 Å². The second kappa shape index (κ2) is 3.75. The summed E-state index contributed by atoms with van der Waals surface area (Å²) in [5.41, 5.74) is 0. The van der Waals surface area contributed by atoms with Gasteiger partial charge in [-0.05, 0) is 23.6 Å². The molecule has 1 heterocycles. The maximum absolute atomic E-state index is 13.1. The molecule has 0 radical (unpaired) electrons. The summed E-state index contributed by atoms with van der Waals surface area (Å²) in [4.78, 5) is 0. The molecule has 0 saturated carbocycles. The minimum Gasteiger partial charge on any atom is -0.453 e. The van der Waals surface area contributed by atoms with Gasteiger partial charge in [-0.25, -0.2) is 8.78 Å². The molecule has 2 aromatic rings. The Morgan fingerprint density at radius 3 is 2.71 bits per heavy atom. The van der Waals surface area contributed by atoms with Gasteiger partial charge in [-0.15, -0.1) is 11.3 Å². The number of halogens is 2. The SMILES string of the molecule is Fc1ccc(F)c(Oc2ccsc2)c1. The van der Waals surface area contributed by atoms with E-state index in [9.17, 15) is 8.78 Å². The molecule has 0 N–H and O–H groups in total. The predicted molar refractivity (Wildman–Crippen MR) is 50.8 cm³/mol. The highest BCUT2D eigenvalue weighted by Crippen LogP contribution is 2.26. The molecule has 0 unspecified atom stereocenters. The molecule has 1 aromatic carbocycles. The lowest BCUT2D eigenvalue weighted by atomic mass is 10.3. The average molecular weight is 212 g/mol. The molecule has 0 saturated heterocycles. The van der Waals surface area contributed by atoms with Crippen LogP contribution in [0.3, 0.4) is 0 Å². The smallest absolute Gasteiger partial charge is 0.166 e. The van der Waals surface area contributed by atoms with E-state index in [4.69, 9.17) is 4.74 Å². The van der Waals surface area contributed by atoms with Crippen molar-refractivity contribution in [2.75, 3.05) is 0 Å². The first-order chi connectivity index (χ1) is 6.75. The number of rotatable bonds is 2. The number of hydrogen-bond donors (Lipinski definition) is 0. The quantitative estimate of drug-likeness (QED) is 0.735. The van der Waals surface area contributed by atoms with E-state index in [0.29, 0.717) is 5.75 Å². The topological polar surface area (TPSA) is 9.23 Å². The van der Waals surface area contributed by atoms with Crippen LogP contribution in [0.1, 0.15) is 0 Å². The van der Waals surface area contributed by atoms with Gasteiger partial charge in [0.1, 0.15) is 11.6 Å². The maximum atomic E-state index is 13.1. The standard InChI is InChI=1S/C10H6F2OS/c11-7-1-2-9(12)10(5-7)13-8-3-4-14-6-8/h1-6H. The second-order valence-corrected chi connectivity index (χ2v) is 3.42. The van der Waals surface area contributed by atoms with Crippen molar-refractivity contribution in [3.63, 3.8) is 0 Å². The Morgan fingerprint density at radius 1 is 1.14 bits per heavy atom. The Morgan fingerprint density at radius 2 is 2.00 bits per heavy atom. The van der Waals surface area contributed by atoms with Crippen molar-refractivity contribution < 1.29 is 13.5 Å². The normalized spacial score (nSPS) is 10.1. The van der Waals surface area contributed by atoms with Crippen molar-refractivity contribution in [1.82, 2.24) is 0 Å². The average Bonchev–Trinajstić information content (AvgIpc) is 2.64.